The molecule has 2 aromatic heterocycles. The highest BCUT2D eigenvalue weighted by Crippen LogP contribution is 2.38. The van der Waals surface area contributed by atoms with Crippen LogP contribution in [0.4, 0.5) is 10.2 Å². The molecule has 9 nitrogen and oxygen atoms in total. The molecule has 37 heavy (non-hydrogen) atoms. The minimum absolute atomic E-state index is 0.0694. The number of nitriles is 1. The maximum Gasteiger partial charge on any atom is 0.141 e. The van der Waals surface area contributed by atoms with Gasteiger partial charge in [0.25, 0.3) is 0 Å². The lowest BCUT2D eigenvalue weighted by molar-refractivity contribution is 0.116. The van der Waals surface area contributed by atoms with Crippen LogP contribution in [0.1, 0.15) is 17.7 Å². The second kappa shape index (κ2) is 11.1. The standard InChI is InChI=1S/C27H30FN7O2/c1-32-17-21(14-29)27-25(13-24(19-35(27)32)37-12-2-11-36)20-3-6-26(31-15-20)34-9-7-33(8-10-34)18-23-5-4-22(28)16-30-23/h3-6,13,15-16,19,36H,2,7-12,17-18H2,1H3. The number of aliphatic hydroxyl groups is 1. The van der Waals surface area contributed by atoms with Gasteiger partial charge in [-0.3, -0.25) is 14.9 Å². The molecule has 5 rings (SSSR count). The molecule has 0 saturated carbocycles. The fraction of sp³-hybridized carbons (Fsp3) is 0.370. The number of aliphatic hydroxyl groups excluding tert-OH is 1. The molecule has 1 fully saturated rings. The Labute approximate surface area is 216 Å². The monoisotopic (exact) mass is 503 g/mol. The zero-order chi connectivity index (χ0) is 25.8. The Bertz CT molecular complexity index is 1240. The van der Waals surface area contributed by atoms with E-state index in [0.717, 1.165) is 54.5 Å². The number of rotatable bonds is 8. The maximum absolute atomic E-state index is 13.1. The van der Waals surface area contributed by atoms with Gasteiger partial charge in [0, 0.05) is 70.1 Å². The summed E-state index contributed by atoms with van der Waals surface area (Å²) in [5.41, 5.74) is 4.19. The van der Waals surface area contributed by atoms with Crippen molar-refractivity contribution in [1.82, 2.24) is 24.9 Å². The third kappa shape index (κ3) is 5.49. The Kier molecular flexibility index (Phi) is 7.46. The SMILES string of the molecule is CN1CC(C#N)=C2C(c3ccc(N4CCN(Cc5ccc(F)cn5)CC4)nc3)=CC(OCCCO)=CN21. The lowest BCUT2D eigenvalue weighted by atomic mass is 9.98. The molecule has 192 valence electrons. The Morgan fingerprint density at radius 3 is 2.62 bits per heavy atom. The van der Waals surface area contributed by atoms with Crippen molar-refractivity contribution in [3.8, 4) is 6.07 Å². The average molecular weight is 504 g/mol. The molecule has 1 saturated heterocycles. The van der Waals surface area contributed by atoms with Crippen molar-refractivity contribution in [3.63, 3.8) is 0 Å². The smallest absolute Gasteiger partial charge is 0.141 e. The highest BCUT2D eigenvalue weighted by molar-refractivity contribution is 5.83. The summed E-state index contributed by atoms with van der Waals surface area (Å²) in [5, 5.41) is 22.8. The Morgan fingerprint density at radius 1 is 1.11 bits per heavy atom. The predicted octanol–water partition coefficient (Wildman–Crippen LogP) is 2.52. The van der Waals surface area contributed by atoms with Crippen molar-refractivity contribution in [1.29, 1.82) is 5.26 Å². The number of hydrazine groups is 1. The zero-order valence-corrected chi connectivity index (χ0v) is 20.8. The Morgan fingerprint density at radius 2 is 1.95 bits per heavy atom. The number of hydrogen-bond acceptors (Lipinski definition) is 9. The molecule has 0 atom stereocenters. The highest BCUT2D eigenvalue weighted by Gasteiger charge is 2.33. The number of nitrogens with zero attached hydrogens (tertiary/aromatic N) is 7. The number of fused-ring (bicyclic) bond motifs is 1. The van der Waals surface area contributed by atoms with E-state index in [1.807, 2.05) is 47.7 Å². The van der Waals surface area contributed by atoms with Crippen LogP contribution >= 0.6 is 0 Å². The molecule has 2 aromatic rings. The minimum atomic E-state index is -0.318. The molecule has 3 aliphatic rings. The fourth-order valence-corrected chi connectivity index (χ4v) is 4.74. The number of allylic oxidation sites excluding steroid dienone is 2. The molecule has 0 amide bonds. The van der Waals surface area contributed by atoms with Crippen molar-refractivity contribution in [2.75, 3.05) is 57.9 Å². The van der Waals surface area contributed by atoms with Gasteiger partial charge >= 0.3 is 0 Å². The predicted molar refractivity (Wildman–Crippen MR) is 137 cm³/mol. The number of ether oxygens (including phenoxy) is 1. The van der Waals surface area contributed by atoms with Gasteiger partial charge in [-0.1, -0.05) is 0 Å². The van der Waals surface area contributed by atoms with Crippen molar-refractivity contribution in [2.45, 2.75) is 13.0 Å². The largest absolute Gasteiger partial charge is 0.492 e. The Balaban J connectivity index is 1.29. The first-order chi connectivity index (χ1) is 18.1. The highest BCUT2D eigenvalue weighted by atomic mass is 19.1. The first-order valence-electron chi connectivity index (χ1n) is 12.4. The van der Waals surface area contributed by atoms with Crippen LogP contribution in [0.15, 0.2) is 66.0 Å². The average Bonchev–Trinajstić information content (AvgIpc) is 3.26. The van der Waals surface area contributed by atoms with Crippen molar-refractivity contribution < 1.29 is 14.2 Å². The molecule has 5 heterocycles. The summed E-state index contributed by atoms with van der Waals surface area (Å²) in [4.78, 5) is 13.5. The Hall–Kier alpha value is -3.78. The molecular weight excluding hydrogens is 473 g/mol. The maximum atomic E-state index is 13.1. The van der Waals surface area contributed by atoms with Crippen LogP contribution in [0.3, 0.4) is 0 Å². The van der Waals surface area contributed by atoms with Crippen LogP contribution in [-0.4, -0.2) is 83.0 Å². The molecule has 0 aromatic carbocycles. The third-order valence-electron chi connectivity index (χ3n) is 6.70. The van der Waals surface area contributed by atoms with E-state index in [4.69, 9.17) is 14.8 Å². The van der Waals surface area contributed by atoms with Gasteiger partial charge in [-0.05, 0) is 30.3 Å². The number of pyridine rings is 2. The molecule has 0 radical (unpaired) electrons. The molecule has 0 aliphatic carbocycles. The molecule has 0 unspecified atom stereocenters. The van der Waals surface area contributed by atoms with E-state index in [0.29, 0.717) is 37.4 Å². The lowest BCUT2D eigenvalue weighted by Crippen LogP contribution is -2.46. The lowest BCUT2D eigenvalue weighted by Gasteiger charge is -2.35. The van der Waals surface area contributed by atoms with E-state index >= 15 is 0 Å². The van der Waals surface area contributed by atoms with Crippen molar-refractivity contribution in [2.24, 2.45) is 0 Å². The minimum Gasteiger partial charge on any atom is -0.492 e. The summed E-state index contributed by atoms with van der Waals surface area (Å²) in [6.45, 7) is 5.11. The topological polar surface area (TPSA) is 92.0 Å². The number of halogens is 1. The van der Waals surface area contributed by atoms with Gasteiger partial charge in [0.15, 0.2) is 0 Å². The molecule has 3 aliphatic heterocycles. The first-order valence-corrected chi connectivity index (χ1v) is 12.4. The van der Waals surface area contributed by atoms with Crippen molar-refractivity contribution >= 4 is 11.4 Å². The quantitative estimate of drug-likeness (QED) is 0.546. The summed E-state index contributed by atoms with van der Waals surface area (Å²) in [6.07, 6.45) is 7.48. The number of aromatic nitrogens is 2. The van der Waals surface area contributed by atoms with Gasteiger partial charge in [0.05, 0.1) is 48.6 Å². The molecule has 0 bridgehead atoms. The first kappa shape index (κ1) is 24.9. The van der Waals surface area contributed by atoms with E-state index in [1.54, 1.807) is 6.07 Å². The second-order valence-electron chi connectivity index (χ2n) is 9.25. The third-order valence-corrected chi connectivity index (χ3v) is 6.70. The summed E-state index contributed by atoms with van der Waals surface area (Å²) in [5.74, 6) is 1.26. The van der Waals surface area contributed by atoms with Gasteiger partial charge in [0.1, 0.15) is 17.4 Å². The van der Waals surface area contributed by atoms with Crippen LogP contribution in [0, 0.1) is 17.1 Å². The summed E-state index contributed by atoms with van der Waals surface area (Å²) < 4.78 is 19.0. The molecular formula is C27H30FN7O2. The second-order valence-corrected chi connectivity index (χ2v) is 9.25. The summed E-state index contributed by atoms with van der Waals surface area (Å²) in [7, 11) is 1.93. The fourth-order valence-electron chi connectivity index (χ4n) is 4.74. The summed E-state index contributed by atoms with van der Waals surface area (Å²) in [6, 6.07) is 9.59. The summed E-state index contributed by atoms with van der Waals surface area (Å²) >= 11 is 0. The van der Waals surface area contributed by atoms with E-state index in [1.165, 1.54) is 12.3 Å². The van der Waals surface area contributed by atoms with Crippen molar-refractivity contribution in [3.05, 3.63) is 83.0 Å². The van der Waals surface area contributed by atoms with Crippen LogP contribution in [0.5, 0.6) is 0 Å². The zero-order valence-electron chi connectivity index (χ0n) is 20.8. The number of anilines is 1. The normalized spacial score (nSPS) is 18.4. The van der Waals surface area contributed by atoms with Crippen LogP contribution in [0.25, 0.3) is 5.57 Å². The van der Waals surface area contributed by atoms with Crippen LogP contribution < -0.4 is 4.90 Å². The number of piperazine rings is 1. The number of hydrogen-bond donors (Lipinski definition) is 1. The number of likely N-dealkylation sites (N-methyl/N-ethyl adjacent to an activating group) is 1. The van der Waals surface area contributed by atoms with Gasteiger partial charge in [-0.2, -0.15) is 5.26 Å². The molecule has 0 spiro atoms. The van der Waals surface area contributed by atoms with Gasteiger partial charge in [-0.25, -0.2) is 14.4 Å². The van der Waals surface area contributed by atoms with E-state index in [2.05, 4.69) is 20.9 Å². The van der Waals surface area contributed by atoms with Gasteiger partial charge in [-0.15, -0.1) is 0 Å². The van der Waals surface area contributed by atoms with E-state index in [-0.39, 0.29) is 12.4 Å². The van der Waals surface area contributed by atoms with Gasteiger partial charge < -0.3 is 14.7 Å². The van der Waals surface area contributed by atoms with Crippen LogP contribution in [-0.2, 0) is 11.3 Å². The van der Waals surface area contributed by atoms with Crippen LogP contribution in [0.2, 0.25) is 0 Å². The van der Waals surface area contributed by atoms with Gasteiger partial charge in [0.2, 0.25) is 0 Å². The molecule has 1 N–H and O–H groups in total. The van der Waals surface area contributed by atoms with E-state index < -0.39 is 0 Å². The van der Waals surface area contributed by atoms with E-state index in [9.17, 15) is 9.65 Å². The molecule has 10 heteroatoms.